The zero-order valence-corrected chi connectivity index (χ0v) is 16.9. The smallest absolute Gasteiger partial charge is 0.303 e. The summed E-state index contributed by atoms with van der Waals surface area (Å²) in [5.41, 5.74) is 4.51. The number of aryl methyl sites for hydroxylation is 1. The van der Waals surface area contributed by atoms with Gasteiger partial charge < -0.3 is 9.84 Å². The molecule has 0 fully saturated rings. The molecule has 0 unspecified atom stereocenters. The first kappa shape index (κ1) is 20.5. The first-order chi connectivity index (χ1) is 13.3. The number of thiophene rings is 1. The van der Waals surface area contributed by atoms with Gasteiger partial charge in [-0.25, -0.2) is 8.78 Å². The molecule has 6 heteroatoms. The Labute approximate surface area is 167 Å². The predicted octanol–water partition coefficient (Wildman–Crippen LogP) is 6.03. The van der Waals surface area contributed by atoms with Crippen molar-refractivity contribution in [2.45, 2.75) is 51.9 Å². The molecule has 0 spiro atoms. The van der Waals surface area contributed by atoms with Crippen molar-refractivity contribution in [2.24, 2.45) is 0 Å². The Kier molecular flexibility index (Phi) is 6.18. The molecule has 0 bridgehead atoms. The minimum Gasteiger partial charge on any atom is -0.489 e. The Morgan fingerprint density at radius 3 is 2.71 bits per heavy atom. The van der Waals surface area contributed by atoms with E-state index < -0.39 is 11.9 Å². The molecule has 1 aromatic heterocycles. The van der Waals surface area contributed by atoms with Crippen LogP contribution in [0.3, 0.4) is 0 Å². The molecule has 150 valence electrons. The number of carboxylic acids is 1. The predicted molar refractivity (Wildman–Crippen MR) is 107 cm³/mol. The standard InChI is InChI=1S/C22H24F2O3S/c1-14-15(2)19(7-5-16(14)6-8-21(25)26)27-13-17-12-22(23,24)10-9-18(17)20-4-3-11-28-20/h3-5,7,11H,6,8-10,12-13H2,1-2H3,(H,25,26). The summed E-state index contributed by atoms with van der Waals surface area (Å²) in [6.45, 7) is 3.99. The second-order valence-electron chi connectivity index (χ2n) is 7.25. The molecule has 1 N–H and O–H groups in total. The third kappa shape index (κ3) is 4.79. The van der Waals surface area contributed by atoms with Gasteiger partial charge in [0.1, 0.15) is 12.4 Å². The van der Waals surface area contributed by atoms with Crippen LogP contribution in [-0.4, -0.2) is 23.6 Å². The highest BCUT2D eigenvalue weighted by molar-refractivity contribution is 7.11. The number of benzene rings is 1. The molecule has 0 radical (unpaired) electrons. The Hall–Kier alpha value is -2.21. The van der Waals surface area contributed by atoms with Crippen molar-refractivity contribution in [1.29, 1.82) is 0 Å². The highest BCUT2D eigenvalue weighted by atomic mass is 32.1. The molecule has 3 nitrogen and oxygen atoms in total. The monoisotopic (exact) mass is 406 g/mol. The normalized spacial score (nSPS) is 16.3. The zero-order valence-electron chi connectivity index (χ0n) is 16.1. The summed E-state index contributed by atoms with van der Waals surface area (Å²) in [4.78, 5) is 11.8. The van der Waals surface area contributed by atoms with Crippen LogP contribution in [0.15, 0.2) is 35.2 Å². The first-order valence-electron chi connectivity index (χ1n) is 9.33. The third-order valence-electron chi connectivity index (χ3n) is 5.32. The van der Waals surface area contributed by atoms with Gasteiger partial charge in [-0.05, 0) is 72.0 Å². The Morgan fingerprint density at radius 2 is 2.04 bits per heavy atom. The molecule has 28 heavy (non-hydrogen) atoms. The fourth-order valence-electron chi connectivity index (χ4n) is 3.56. The lowest BCUT2D eigenvalue weighted by atomic mass is 9.88. The number of rotatable bonds is 7. The number of hydrogen-bond acceptors (Lipinski definition) is 3. The van der Waals surface area contributed by atoms with Gasteiger partial charge in [-0.15, -0.1) is 11.3 Å². The minimum atomic E-state index is -2.69. The fraction of sp³-hybridized carbons (Fsp3) is 0.409. The van der Waals surface area contributed by atoms with Crippen molar-refractivity contribution in [3.8, 4) is 5.75 Å². The van der Waals surface area contributed by atoms with Gasteiger partial charge in [0.05, 0.1) is 0 Å². The molecule has 0 saturated carbocycles. The van der Waals surface area contributed by atoms with E-state index in [1.165, 1.54) is 0 Å². The summed E-state index contributed by atoms with van der Waals surface area (Å²) >= 11 is 1.56. The molecule has 1 aliphatic carbocycles. The summed E-state index contributed by atoms with van der Waals surface area (Å²) < 4.78 is 34.0. The lowest BCUT2D eigenvalue weighted by molar-refractivity contribution is -0.136. The van der Waals surface area contributed by atoms with Crippen LogP contribution in [0.25, 0.3) is 5.57 Å². The highest BCUT2D eigenvalue weighted by Gasteiger charge is 2.36. The van der Waals surface area contributed by atoms with Gasteiger partial charge in [-0.3, -0.25) is 4.79 Å². The molecule has 2 aromatic rings. The third-order valence-corrected chi connectivity index (χ3v) is 6.25. The van der Waals surface area contributed by atoms with Crippen molar-refractivity contribution in [2.75, 3.05) is 6.61 Å². The van der Waals surface area contributed by atoms with Gasteiger partial charge in [-0.2, -0.15) is 0 Å². The lowest BCUT2D eigenvalue weighted by Gasteiger charge is -2.27. The fourth-order valence-corrected chi connectivity index (χ4v) is 4.41. The number of halogens is 2. The Balaban J connectivity index is 1.79. The number of allylic oxidation sites excluding steroid dienone is 1. The van der Waals surface area contributed by atoms with Gasteiger partial charge in [-0.1, -0.05) is 12.1 Å². The van der Waals surface area contributed by atoms with Crippen LogP contribution >= 0.6 is 11.3 Å². The summed E-state index contributed by atoms with van der Waals surface area (Å²) in [5.74, 6) is -2.86. The van der Waals surface area contributed by atoms with E-state index in [0.717, 1.165) is 27.1 Å². The van der Waals surface area contributed by atoms with E-state index in [9.17, 15) is 13.6 Å². The number of hydrogen-bond donors (Lipinski definition) is 1. The Bertz CT molecular complexity index is 885. The zero-order chi connectivity index (χ0) is 20.3. The van der Waals surface area contributed by atoms with Gasteiger partial charge in [0, 0.05) is 24.1 Å². The minimum absolute atomic E-state index is 0.0760. The maximum atomic E-state index is 14.0. The van der Waals surface area contributed by atoms with Crippen molar-refractivity contribution in [3.63, 3.8) is 0 Å². The van der Waals surface area contributed by atoms with Crippen molar-refractivity contribution in [1.82, 2.24) is 0 Å². The number of aliphatic carboxylic acids is 1. The van der Waals surface area contributed by atoms with E-state index in [1.807, 2.05) is 43.5 Å². The van der Waals surface area contributed by atoms with E-state index in [0.29, 0.717) is 24.2 Å². The van der Waals surface area contributed by atoms with Crippen LogP contribution in [0.1, 0.15) is 47.3 Å². The van der Waals surface area contributed by atoms with Crippen molar-refractivity contribution >= 4 is 22.9 Å². The number of ether oxygens (including phenoxy) is 1. The first-order valence-corrected chi connectivity index (χ1v) is 10.2. The lowest BCUT2D eigenvalue weighted by Crippen LogP contribution is -2.24. The van der Waals surface area contributed by atoms with E-state index in [4.69, 9.17) is 9.84 Å². The van der Waals surface area contributed by atoms with Crippen LogP contribution in [0.5, 0.6) is 5.75 Å². The quantitative estimate of drug-likeness (QED) is 0.610. The second-order valence-corrected chi connectivity index (χ2v) is 8.20. The molecular weight excluding hydrogens is 382 g/mol. The van der Waals surface area contributed by atoms with Crippen LogP contribution < -0.4 is 4.74 Å². The maximum Gasteiger partial charge on any atom is 0.303 e. The Morgan fingerprint density at radius 1 is 1.25 bits per heavy atom. The van der Waals surface area contributed by atoms with E-state index in [1.54, 1.807) is 11.3 Å². The van der Waals surface area contributed by atoms with Crippen molar-refractivity contribution < 1.29 is 23.4 Å². The topological polar surface area (TPSA) is 46.5 Å². The second kappa shape index (κ2) is 8.43. The average molecular weight is 406 g/mol. The molecule has 0 atom stereocenters. The van der Waals surface area contributed by atoms with Crippen LogP contribution in [0, 0.1) is 13.8 Å². The summed E-state index contributed by atoms with van der Waals surface area (Å²) in [7, 11) is 0. The average Bonchev–Trinajstić information content (AvgIpc) is 3.15. The summed E-state index contributed by atoms with van der Waals surface area (Å²) in [6, 6.07) is 7.58. The van der Waals surface area contributed by atoms with Crippen LogP contribution in [0.2, 0.25) is 0 Å². The molecule has 1 heterocycles. The SMILES string of the molecule is Cc1c(CCC(=O)O)ccc(OCC2=C(c3cccs3)CCC(F)(F)C2)c1C. The molecule has 1 aliphatic rings. The summed E-state index contributed by atoms with van der Waals surface area (Å²) in [6.07, 6.45) is 0.502. The van der Waals surface area contributed by atoms with Crippen LogP contribution in [0.4, 0.5) is 8.78 Å². The van der Waals surface area contributed by atoms with E-state index in [-0.39, 0.29) is 25.9 Å². The maximum absolute atomic E-state index is 14.0. The highest BCUT2D eigenvalue weighted by Crippen LogP contribution is 2.42. The molecule has 3 rings (SSSR count). The number of alkyl halides is 2. The molecular formula is C22H24F2O3S. The van der Waals surface area contributed by atoms with Gasteiger partial charge in [0.25, 0.3) is 5.92 Å². The van der Waals surface area contributed by atoms with Gasteiger partial charge in [0.15, 0.2) is 0 Å². The molecule has 1 aromatic carbocycles. The van der Waals surface area contributed by atoms with E-state index >= 15 is 0 Å². The summed E-state index contributed by atoms with van der Waals surface area (Å²) in [5, 5.41) is 10.8. The van der Waals surface area contributed by atoms with Gasteiger partial charge >= 0.3 is 5.97 Å². The number of carbonyl (C=O) groups is 1. The van der Waals surface area contributed by atoms with Gasteiger partial charge in [0.2, 0.25) is 0 Å². The van der Waals surface area contributed by atoms with Crippen molar-refractivity contribution in [3.05, 3.63) is 56.8 Å². The number of carboxylic acid groups (broad SMARTS) is 1. The molecule has 0 amide bonds. The molecule has 0 aliphatic heterocycles. The van der Waals surface area contributed by atoms with Crippen LogP contribution in [-0.2, 0) is 11.2 Å². The largest absolute Gasteiger partial charge is 0.489 e. The molecule has 0 saturated heterocycles. The van der Waals surface area contributed by atoms with E-state index in [2.05, 4.69) is 0 Å².